The van der Waals surface area contributed by atoms with Gasteiger partial charge in [-0.25, -0.2) is 13.1 Å². The highest BCUT2D eigenvalue weighted by Crippen LogP contribution is 2.27. The van der Waals surface area contributed by atoms with E-state index in [9.17, 15) is 13.2 Å². The number of benzene rings is 2. The van der Waals surface area contributed by atoms with E-state index < -0.39 is 10.0 Å². The molecule has 7 heteroatoms. The van der Waals surface area contributed by atoms with Crippen molar-refractivity contribution >= 4 is 27.7 Å². The van der Waals surface area contributed by atoms with Gasteiger partial charge in [-0.15, -0.1) is 11.8 Å². The van der Waals surface area contributed by atoms with Crippen molar-refractivity contribution in [1.29, 1.82) is 0 Å². The van der Waals surface area contributed by atoms with Gasteiger partial charge in [0.05, 0.1) is 10.5 Å². The van der Waals surface area contributed by atoms with Gasteiger partial charge < -0.3 is 4.90 Å². The third-order valence-electron chi connectivity index (χ3n) is 5.57. The van der Waals surface area contributed by atoms with E-state index >= 15 is 0 Å². The topological polar surface area (TPSA) is 66.5 Å². The summed E-state index contributed by atoms with van der Waals surface area (Å²) >= 11 is 1.46. The van der Waals surface area contributed by atoms with Crippen LogP contribution < -0.4 is 4.72 Å². The van der Waals surface area contributed by atoms with Gasteiger partial charge in [-0.3, -0.25) is 4.79 Å². The smallest absolute Gasteiger partial charge is 0.255 e. The molecule has 3 rings (SSSR count). The molecule has 0 bridgehead atoms. The van der Waals surface area contributed by atoms with Crippen LogP contribution in [0.5, 0.6) is 0 Å². The number of hydrogen-bond acceptors (Lipinski definition) is 4. The van der Waals surface area contributed by atoms with Gasteiger partial charge in [0.2, 0.25) is 10.0 Å². The third-order valence-corrected chi connectivity index (χ3v) is 7.91. The standard InChI is InChI=1S/C23H30N2O3S2/c1-4-18-8-10-19(11-9-18)17(2)24-30(27,28)20-12-13-22(29-3)21(16-20)23(26)25-14-6-5-7-15-25/h8-13,16-17,24H,4-7,14-15H2,1-3H3/t17-/m1/s1. The second kappa shape index (κ2) is 9.98. The van der Waals surface area contributed by atoms with E-state index in [4.69, 9.17) is 0 Å². The van der Waals surface area contributed by atoms with Gasteiger partial charge >= 0.3 is 0 Å². The van der Waals surface area contributed by atoms with Crippen molar-refractivity contribution in [3.63, 3.8) is 0 Å². The average Bonchev–Trinajstić information content (AvgIpc) is 2.78. The summed E-state index contributed by atoms with van der Waals surface area (Å²) in [5, 5.41) is 0. The molecule has 162 valence electrons. The van der Waals surface area contributed by atoms with Crippen molar-refractivity contribution in [3.05, 3.63) is 59.2 Å². The minimum atomic E-state index is -3.77. The van der Waals surface area contributed by atoms with Crippen LogP contribution >= 0.6 is 11.8 Å². The van der Waals surface area contributed by atoms with Gasteiger partial charge in [0.1, 0.15) is 0 Å². The van der Waals surface area contributed by atoms with E-state index in [0.29, 0.717) is 5.56 Å². The largest absolute Gasteiger partial charge is 0.339 e. The number of aryl methyl sites for hydroxylation is 1. The molecule has 30 heavy (non-hydrogen) atoms. The van der Waals surface area contributed by atoms with Gasteiger partial charge in [0, 0.05) is 24.0 Å². The maximum atomic E-state index is 13.1. The molecule has 0 aromatic heterocycles. The predicted molar refractivity (Wildman–Crippen MR) is 123 cm³/mol. The molecule has 2 aromatic rings. The Morgan fingerprint density at radius 3 is 2.37 bits per heavy atom. The zero-order valence-corrected chi connectivity index (χ0v) is 19.5. The fourth-order valence-electron chi connectivity index (χ4n) is 3.70. The number of carbonyl (C=O) groups is 1. The number of amides is 1. The van der Waals surface area contributed by atoms with Crippen LogP contribution in [0.1, 0.15) is 60.6 Å². The number of piperidine rings is 1. The molecule has 2 aromatic carbocycles. The van der Waals surface area contributed by atoms with E-state index in [2.05, 4.69) is 11.6 Å². The number of likely N-dealkylation sites (tertiary alicyclic amines) is 1. The molecule has 1 heterocycles. The molecule has 0 radical (unpaired) electrons. The summed E-state index contributed by atoms with van der Waals surface area (Å²) in [4.78, 5) is 15.8. The first-order chi connectivity index (χ1) is 14.4. The molecule has 1 N–H and O–H groups in total. The molecular weight excluding hydrogens is 416 g/mol. The summed E-state index contributed by atoms with van der Waals surface area (Å²) < 4.78 is 28.8. The molecule has 1 aliphatic rings. The molecule has 1 fully saturated rings. The Morgan fingerprint density at radius 1 is 1.10 bits per heavy atom. The Hall–Kier alpha value is -1.83. The molecule has 0 saturated carbocycles. The zero-order chi connectivity index (χ0) is 21.7. The highest BCUT2D eigenvalue weighted by Gasteiger charge is 2.25. The second-order valence-corrected chi connectivity index (χ2v) is 10.2. The third kappa shape index (κ3) is 5.25. The molecular formula is C23H30N2O3S2. The summed E-state index contributed by atoms with van der Waals surface area (Å²) in [6.07, 6.45) is 5.96. The lowest BCUT2D eigenvalue weighted by Crippen LogP contribution is -2.36. The van der Waals surface area contributed by atoms with Gasteiger partial charge in [0.15, 0.2) is 0 Å². The number of hydrogen-bond donors (Lipinski definition) is 1. The summed E-state index contributed by atoms with van der Waals surface area (Å²) in [5.41, 5.74) is 2.58. The lowest BCUT2D eigenvalue weighted by atomic mass is 10.1. The fraction of sp³-hybridized carbons (Fsp3) is 0.435. The Labute approximate surface area is 184 Å². The number of nitrogens with zero attached hydrogens (tertiary/aromatic N) is 1. The molecule has 1 amide bonds. The van der Waals surface area contributed by atoms with Crippen molar-refractivity contribution in [2.45, 2.75) is 55.4 Å². The van der Waals surface area contributed by atoms with Crippen LogP contribution in [-0.2, 0) is 16.4 Å². The number of nitrogens with one attached hydrogen (secondary N) is 1. The molecule has 1 saturated heterocycles. The lowest BCUT2D eigenvalue weighted by Gasteiger charge is -2.27. The summed E-state index contributed by atoms with van der Waals surface area (Å²) in [7, 11) is -3.77. The number of thioether (sulfide) groups is 1. The van der Waals surface area contributed by atoms with Crippen molar-refractivity contribution in [2.75, 3.05) is 19.3 Å². The van der Waals surface area contributed by atoms with Crippen molar-refractivity contribution in [2.24, 2.45) is 0 Å². The van der Waals surface area contributed by atoms with Crippen molar-refractivity contribution < 1.29 is 13.2 Å². The first kappa shape index (κ1) is 22.8. The van der Waals surface area contributed by atoms with Gasteiger partial charge in [-0.2, -0.15) is 0 Å². The molecule has 0 spiro atoms. The van der Waals surface area contributed by atoms with Gasteiger partial charge in [-0.05, 0) is 68.2 Å². The second-order valence-electron chi connectivity index (χ2n) is 7.65. The van der Waals surface area contributed by atoms with Crippen molar-refractivity contribution in [3.8, 4) is 0 Å². The quantitative estimate of drug-likeness (QED) is 0.630. The van der Waals surface area contributed by atoms with Crippen LogP contribution in [0.2, 0.25) is 0 Å². The SMILES string of the molecule is CCc1ccc([C@@H](C)NS(=O)(=O)c2ccc(SC)c(C(=O)N3CCCCC3)c2)cc1. The monoisotopic (exact) mass is 446 g/mol. The molecule has 0 aliphatic carbocycles. The molecule has 5 nitrogen and oxygen atoms in total. The minimum Gasteiger partial charge on any atom is -0.339 e. The van der Waals surface area contributed by atoms with Crippen LogP contribution in [0, 0.1) is 0 Å². The fourth-order valence-corrected chi connectivity index (χ4v) is 5.53. The van der Waals surface area contributed by atoms with E-state index in [1.54, 1.807) is 12.1 Å². The Balaban J connectivity index is 1.84. The maximum absolute atomic E-state index is 13.1. The maximum Gasteiger partial charge on any atom is 0.255 e. The van der Waals surface area contributed by atoms with E-state index in [1.807, 2.05) is 42.3 Å². The first-order valence-electron chi connectivity index (χ1n) is 10.4. The van der Waals surface area contributed by atoms with Crippen LogP contribution in [0.4, 0.5) is 0 Å². The highest BCUT2D eigenvalue weighted by atomic mass is 32.2. The highest BCUT2D eigenvalue weighted by molar-refractivity contribution is 7.98. The first-order valence-corrected chi connectivity index (χ1v) is 13.1. The summed E-state index contributed by atoms with van der Waals surface area (Å²) in [6, 6.07) is 12.4. The normalized spacial score (nSPS) is 15.8. The van der Waals surface area contributed by atoms with Crippen LogP contribution in [-0.4, -0.2) is 38.6 Å². The predicted octanol–water partition coefficient (Wildman–Crippen LogP) is 4.64. The minimum absolute atomic E-state index is 0.0840. The van der Waals surface area contributed by atoms with E-state index in [-0.39, 0.29) is 16.8 Å². The average molecular weight is 447 g/mol. The molecule has 1 atom stereocenters. The Bertz CT molecular complexity index is 982. The van der Waals surface area contributed by atoms with E-state index in [0.717, 1.165) is 49.2 Å². The summed E-state index contributed by atoms with van der Waals surface area (Å²) in [5.74, 6) is -0.0840. The zero-order valence-electron chi connectivity index (χ0n) is 17.8. The van der Waals surface area contributed by atoms with Crippen LogP contribution in [0.25, 0.3) is 0 Å². The molecule has 0 unspecified atom stereocenters. The lowest BCUT2D eigenvalue weighted by molar-refractivity contribution is 0.0720. The van der Waals surface area contributed by atoms with Crippen LogP contribution in [0.3, 0.4) is 0 Å². The number of rotatable bonds is 7. The van der Waals surface area contributed by atoms with Crippen molar-refractivity contribution in [1.82, 2.24) is 9.62 Å². The van der Waals surface area contributed by atoms with E-state index in [1.165, 1.54) is 23.4 Å². The van der Waals surface area contributed by atoms with Gasteiger partial charge in [-0.1, -0.05) is 31.2 Å². The summed E-state index contributed by atoms with van der Waals surface area (Å²) in [6.45, 7) is 5.37. The van der Waals surface area contributed by atoms with Crippen LogP contribution in [0.15, 0.2) is 52.3 Å². The van der Waals surface area contributed by atoms with Gasteiger partial charge in [0.25, 0.3) is 5.91 Å². The number of carbonyl (C=O) groups excluding carboxylic acids is 1. The Morgan fingerprint density at radius 2 is 1.77 bits per heavy atom. The Kier molecular flexibility index (Phi) is 7.60. The number of sulfonamides is 1. The molecule has 1 aliphatic heterocycles.